The summed E-state index contributed by atoms with van der Waals surface area (Å²) < 4.78 is 19.8. The van der Waals surface area contributed by atoms with Gasteiger partial charge in [0.15, 0.2) is 0 Å². The van der Waals surface area contributed by atoms with Crippen LogP contribution in [0.3, 0.4) is 0 Å². The summed E-state index contributed by atoms with van der Waals surface area (Å²) >= 11 is 0. The van der Waals surface area contributed by atoms with Gasteiger partial charge in [-0.25, -0.2) is 19.3 Å². The fourth-order valence-corrected chi connectivity index (χ4v) is 3.82. The molecule has 0 saturated heterocycles. The van der Waals surface area contributed by atoms with Crippen molar-refractivity contribution in [2.45, 2.75) is 26.5 Å². The normalized spacial score (nSPS) is 12.0. The Kier molecular flexibility index (Phi) is 6.55. The molecule has 3 heterocycles. The van der Waals surface area contributed by atoms with Crippen molar-refractivity contribution in [1.82, 2.24) is 24.9 Å². The molecule has 0 aliphatic rings. The lowest BCUT2D eigenvalue weighted by atomic mass is 10.1. The first-order valence-electron chi connectivity index (χ1n) is 11.7. The number of aromatic nitrogens is 5. The van der Waals surface area contributed by atoms with Gasteiger partial charge in [0.25, 0.3) is 0 Å². The van der Waals surface area contributed by atoms with Crippen molar-refractivity contribution in [3.05, 3.63) is 84.2 Å². The molecular formula is C27H26FN7O. The molecule has 0 amide bonds. The van der Waals surface area contributed by atoms with E-state index in [0.29, 0.717) is 41.7 Å². The van der Waals surface area contributed by atoms with Crippen molar-refractivity contribution in [3.63, 3.8) is 0 Å². The van der Waals surface area contributed by atoms with Crippen molar-refractivity contribution >= 4 is 16.7 Å². The van der Waals surface area contributed by atoms with Gasteiger partial charge in [-0.05, 0) is 50.2 Å². The zero-order valence-corrected chi connectivity index (χ0v) is 20.0. The number of hydrogen-bond acceptors (Lipinski definition) is 7. The number of aromatic amines is 1. The molecule has 0 unspecified atom stereocenters. The van der Waals surface area contributed by atoms with Crippen LogP contribution in [0.2, 0.25) is 0 Å². The third-order valence-corrected chi connectivity index (χ3v) is 5.66. The van der Waals surface area contributed by atoms with E-state index in [0.717, 1.165) is 28.2 Å². The number of aryl methyl sites for hydroxylation is 1. The summed E-state index contributed by atoms with van der Waals surface area (Å²) in [5.41, 5.74) is 11.5. The Hall–Kier alpha value is -4.37. The fraction of sp³-hybridized carbons (Fsp3) is 0.185. The summed E-state index contributed by atoms with van der Waals surface area (Å²) in [6.07, 6.45) is 1.42. The summed E-state index contributed by atoms with van der Waals surface area (Å²) in [5.74, 6) is 0.738. The maximum absolute atomic E-state index is 14.1. The van der Waals surface area contributed by atoms with Crippen LogP contribution in [0.25, 0.3) is 33.7 Å². The van der Waals surface area contributed by atoms with Gasteiger partial charge in [-0.2, -0.15) is 0 Å². The maximum Gasteiger partial charge on any atom is 0.233 e. The number of fused-ring (bicyclic) bond motifs is 1. The van der Waals surface area contributed by atoms with Crippen molar-refractivity contribution in [3.8, 4) is 28.5 Å². The van der Waals surface area contributed by atoms with Crippen LogP contribution >= 0.6 is 0 Å². The van der Waals surface area contributed by atoms with E-state index in [9.17, 15) is 4.39 Å². The molecule has 9 heteroatoms. The summed E-state index contributed by atoms with van der Waals surface area (Å²) in [7, 11) is 0. The average molecular weight is 484 g/mol. The average Bonchev–Trinajstić information content (AvgIpc) is 3.32. The number of pyridine rings is 1. The number of halogens is 1. The molecule has 0 saturated carbocycles. The molecule has 0 bridgehead atoms. The van der Waals surface area contributed by atoms with Crippen LogP contribution in [0.5, 0.6) is 5.88 Å². The number of anilines is 1. The van der Waals surface area contributed by atoms with Gasteiger partial charge in [0, 0.05) is 17.8 Å². The number of imidazole rings is 1. The van der Waals surface area contributed by atoms with Gasteiger partial charge in [-0.1, -0.05) is 24.3 Å². The molecule has 0 aliphatic carbocycles. The first-order chi connectivity index (χ1) is 17.5. The second kappa shape index (κ2) is 10.1. The number of para-hydroxylation sites is 1. The van der Waals surface area contributed by atoms with E-state index in [-0.39, 0.29) is 11.9 Å². The lowest BCUT2D eigenvalue weighted by Gasteiger charge is -2.11. The molecule has 3 aromatic heterocycles. The first-order valence-corrected chi connectivity index (χ1v) is 11.7. The molecule has 0 fully saturated rings. The molecule has 0 spiro atoms. The molecule has 0 aliphatic heterocycles. The molecular weight excluding hydrogens is 457 g/mol. The monoisotopic (exact) mass is 483 g/mol. The van der Waals surface area contributed by atoms with Gasteiger partial charge in [0.05, 0.1) is 46.5 Å². The van der Waals surface area contributed by atoms with Gasteiger partial charge in [0.1, 0.15) is 17.7 Å². The molecule has 5 aromatic rings. The highest BCUT2D eigenvalue weighted by molar-refractivity contribution is 5.85. The molecule has 4 N–H and O–H groups in total. The second-order valence-electron chi connectivity index (χ2n) is 8.48. The number of nitrogens with two attached hydrogens (primary N) is 1. The van der Waals surface area contributed by atoms with E-state index in [2.05, 4.69) is 25.3 Å². The number of nitrogens with zero attached hydrogens (tertiary/aromatic N) is 4. The van der Waals surface area contributed by atoms with Crippen LogP contribution in [0, 0.1) is 12.7 Å². The lowest BCUT2D eigenvalue weighted by molar-refractivity contribution is 0.220. The standard InChI is InChI=1S/C27H26FN7O/c1-16-6-5-9-22(32-16)27-26(34-24(35-27)14-30-20-8-4-3-7-19(20)28)18-10-11-21-23(12-18)33-25(15-31-21)36-17(2)13-29/h3-12,15,17,30H,13-14,29H2,1-2H3,(H,34,35)/t17-/m1/s1. The van der Waals surface area contributed by atoms with E-state index in [1.165, 1.54) is 6.07 Å². The largest absolute Gasteiger partial charge is 0.472 e. The van der Waals surface area contributed by atoms with Crippen molar-refractivity contribution < 1.29 is 9.13 Å². The van der Waals surface area contributed by atoms with E-state index < -0.39 is 0 Å². The quantitative estimate of drug-likeness (QED) is 0.288. The van der Waals surface area contributed by atoms with E-state index in [4.69, 9.17) is 15.5 Å². The predicted molar refractivity (Wildman–Crippen MR) is 138 cm³/mol. The molecule has 8 nitrogen and oxygen atoms in total. The van der Waals surface area contributed by atoms with Crippen molar-refractivity contribution in [1.29, 1.82) is 0 Å². The highest BCUT2D eigenvalue weighted by Gasteiger charge is 2.17. The summed E-state index contributed by atoms with van der Waals surface area (Å²) in [6.45, 7) is 4.51. The SMILES string of the molecule is Cc1cccc(-c2[nH]c(CNc3ccccc3F)nc2-c2ccc3ncc(O[C@H](C)CN)nc3c2)n1. The summed E-state index contributed by atoms with van der Waals surface area (Å²) in [6, 6.07) is 18.1. The maximum atomic E-state index is 14.1. The summed E-state index contributed by atoms with van der Waals surface area (Å²) in [4.78, 5) is 22.0. The van der Waals surface area contributed by atoms with E-state index in [1.807, 2.05) is 50.2 Å². The molecule has 36 heavy (non-hydrogen) atoms. The second-order valence-corrected chi connectivity index (χ2v) is 8.48. The van der Waals surface area contributed by atoms with Gasteiger partial charge < -0.3 is 20.8 Å². The van der Waals surface area contributed by atoms with Crippen LogP contribution < -0.4 is 15.8 Å². The van der Waals surface area contributed by atoms with Crippen molar-refractivity contribution in [2.24, 2.45) is 5.73 Å². The lowest BCUT2D eigenvalue weighted by Crippen LogP contribution is -2.23. The minimum Gasteiger partial charge on any atom is -0.472 e. The van der Waals surface area contributed by atoms with Crippen LogP contribution in [-0.2, 0) is 6.54 Å². The summed E-state index contributed by atoms with van der Waals surface area (Å²) in [5, 5.41) is 3.11. The minimum absolute atomic E-state index is 0.172. The number of benzene rings is 2. The smallest absolute Gasteiger partial charge is 0.233 e. The molecule has 182 valence electrons. The Labute approximate surface area is 207 Å². The minimum atomic E-state index is -0.320. The van der Waals surface area contributed by atoms with Crippen LogP contribution in [0.15, 0.2) is 66.9 Å². The third-order valence-electron chi connectivity index (χ3n) is 5.66. The topological polar surface area (TPSA) is 115 Å². The molecule has 5 rings (SSSR count). The van der Waals surface area contributed by atoms with Crippen molar-refractivity contribution in [2.75, 3.05) is 11.9 Å². The Morgan fingerprint density at radius 2 is 1.89 bits per heavy atom. The van der Waals surface area contributed by atoms with E-state index in [1.54, 1.807) is 24.4 Å². The van der Waals surface area contributed by atoms with Crippen LogP contribution in [-0.4, -0.2) is 37.6 Å². The van der Waals surface area contributed by atoms with Gasteiger partial charge >= 0.3 is 0 Å². The molecule has 2 aromatic carbocycles. The van der Waals surface area contributed by atoms with Crippen LogP contribution in [0.4, 0.5) is 10.1 Å². The number of ether oxygens (including phenoxy) is 1. The zero-order chi connectivity index (χ0) is 25.1. The Morgan fingerprint density at radius 1 is 1.03 bits per heavy atom. The first kappa shape index (κ1) is 23.4. The Morgan fingerprint density at radius 3 is 2.69 bits per heavy atom. The zero-order valence-electron chi connectivity index (χ0n) is 20.0. The highest BCUT2D eigenvalue weighted by atomic mass is 19.1. The predicted octanol–water partition coefficient (Wildman–Crippen LogP) is 4.87. The Balaban J connectivity index is 1.54. The molecule has 1 atom stereocenters. The van der Waals surface area contributed by atoms with Gasteiger partial charge in [-0.3, -0.25) is 4.98 Å². The molecule has 0 radical (unpaired) electrons. The number of nitrogens with one attached hydrogen (secondary N) is 2. The van der Waals surface area contributed by atoms with E-state index >= 15 is 0 Å². The number of H-pyrrole nitrogens is 1. The third kappa shape index (κ3) is 5.01. The number of hydrogen-bond donors (Lipinski definition) is 3. The van der Waals surface area contributed by atoms with Gasteiger partial charge in [0.2, 0.25) is 5.88 Å². The highest BCUT2D eigenvalue weighted by Crippen LogP contribution is 2.31. The number of rotatable bonds is 8. The van der Waals surface area contributed by atoms with Crippen LogP contribution in [0.1, 0.15) is 18.4 Å². The fourth-order valence-electron chi connectivity index (χ4n) is 3.82. The van der Waals surface area contributed by atoms with Gasteiger partial charge in [-0.15, -0.1) is 0 Å². The Bertz CT molecular complexity index is 1520.